The first kappa shape index (κ1) is 10.5. The van der Waals surface area contributed by atoms with Gasteiger partial charge in [0, 0.05) is 17.4 Å². The number of nitrogens with zero attached hydrogens (tertiary/aromatic N) is 2. The lowest BCUT2D eigenvalue weighted by molar-refractivity contribution is 1.40. The van der Waals surface area contributed by atoms with Gasteiger partial charge >= 0.3 is 0 Å². The molecule has 0 unspecified atom stereocenters. The number of rotatable bonds is 1. The van der Waals surface area contributed by atoms with Crippen LogP contribution in [0.5, 0.6) is 0 Å². The Morgan fingerprint density at radius 2 is 1.94 bits per heavy atom. The second-order valence-corrected chi connectivity index (χ2v) is 5.03. The summed E-state index contributed by atoms with van der Waals surface area (Å²) in [6.07, 6.45) is 1.63. The lowest BCUT2D eigenvalue weighted by Gasteiger charge is -1.95. The van der Waals surface area contributed by atoms with E-state index in [9.17, 15) is 0 Å². The SMILES string of the molecule is Nc1ccc(-c2nc3cc(Cl)cnc3s2)cc1. The Labute approximate surface area is 107 Å². The van der Waals surface area contributed by atoms with Crippen LogP contribution < -0.4 is 5.73 Å². The highest BCUT2D eigenvalue weighted by Crippen LogP contribution is 2.30. The average Bonchev–Trinajstić information content (AvgIpc) is 2.72. The molecular weight excluding hydrogens is 254 g/mol. The Morgan fingerprint density at radius 3 is 2.71 bits per heavy atom. The summed E-state index contributed by atoms with van der Waals surface area (Å²) in [6, 6.07) is 9.45. The molecule has 0 amide bonds. The average molecular weight is 262 g/mol. The minimum atomic E-state index is 0.603. The van der Waals surface area contributed by atoms with Crippen molar-refractivity contribution in [3.05, 3.63) is 41.6 Å². The summed E-state index contributed by atoms with van der Waals surface area (Å²) in [5.41, 5.74) is 8.27. The van der Waals surface area contributed by atoms with Gasteiger partial charge in [-0.2, -0.15) is 0 Å². The quantitative estimate of drug-likeness (QED) is 0.681. The summed E-state index contributed by atoms with van der Waals surface area (Å²) in [6.45, 7) is 0. The summed E-state index contributed by atoms with van der Waals surface area (Å²) in [7, 11) is 0. The Balaban J connectivity index is 2.14. The predicted octanol–water partition coefficient (Wildman–Crippen LogP) is 3.59. The van der Waals surface area contributed by atoms with Crippen molar-refractivity contribution in [2.75, 3.05) is 5.73 Å². The van der Waals surface area contributed by atoms with Crippen LogP contribution in [0, 0.1) is 0 Å². The van der Waals surface area contributed by atoms with Crippen LogP contribution in [0.2, 0.25) is 5.02 Å². The van der Waals surface area contributed by atoms with Gasteiger partial charge in [0.2, 0.25) is 0 Å². The number of benzene rings is 1. The second-order valence-electron chi connectivity index (χ2n) is 3.62. The fourth-order valence-corrected chi connectivity index (χ4v) is 2.60. The van der Waals surface area contributed by atoms with Crippen molar-refractivity contribution in [2.24, 2.45) is 0 Å². The number of aromatic nitrogens is 2. The number of pyridine rings is 1. The van der Waals surface area contributed by atoms with E-state index in [-0.39, 0.29) is 0 Å². The second kappa shape index (κ2) is 3.98. The van der Waals surface area contributed by atoms with Gasteiger partial charge in [-0.05, 0) is 30.3 Å². The zero-order chi connectivity index (χ0) is 11.8. The van der Waals surface area contributed by atoms with Gasteiger partial charge in [0.05, 0.1) is 5.02 Å². The number of nitrogen functional groups attached to an aromatic ring is 1. The highest BCUT2D eigenvalue weighted by molar-refractivity contribution is 7.21. The van der Waals surface area contributed by atoms with Gasteiger partial charge in [0.15, 0.2) is 0 Å². The van der Waals surface area contributed by atoms with E-state index in [1.54, 1.807) is 17.5 Å². The molecule has 3 aromatic rings. The molecule has 5 heteroatoms. The third-order valence-electron chi connectivity index (χ3n) is 2.37. The third-order valence-corrected chi connectivity index (χ3v) is 3.61. The van der Waals surface area contributed by atoms with Crippen molar-refractivity contribution >= 4 is 39.0 Å². The first-order chi connectivity index (χ1) is 8.22. The van der Waals surface area contributed by atoms with Crippen molar-refractivity contribution < 1.29 is 0 Å². The Bertz CT molecular complexity index is 676. The molecule has 1 aromatic carbocycles. The van der Waals surface area contributed by atoms with Crippen LogP contribution in [0.15, 0.2) is 36.5 Å². The fourth-order valence-electron chi connectivity index (χ4n) is 1.55. The van der Waals surface area contributed by atoms with Gasteiger partial charge in [-0.3, -0.25) is 0 Å². The van der Waals surface area contributed by atoms with Gasteiger partial charge in [0.25, 0.3) is 0 Å². The van der Waals surface area contributed by atoms with Gasteiger partial charge in [-0.1, -0.05) is 22.9 Å². The highest BCUT2D eigenvalue weighted by Gasteiger charge is 2.07. The molecule has 0 aliphatic heterocycles. The molecule has 0 saturated carbocycles. The molecular formula is C12H8ClN3S. The molecule has 2 N–H and O–H groups in total. The first-order valence-electron chi connectivity index (χ1n) is 5.00. The molecule has 3 rings (SSSR count). The molecule has 0 bridgehead atoms. The molecule has 0 spiro atoms. The molecule has 3 nitrogen and oxygen atoms in total. The smallest absolute Gasteiger partial charge is 0.143 e. The zero-order valence-electron chi connectivity index (χ0n) is 8.72. The number of hydrogen-bond acceptors (Lipinski definition) is 4. The van der Waals surface area contributed by atoms with E-state index in [2.05, 4.69) is 9.97 Å². The molecule has 0 fully saturated rings. The number of halogens is 1. The van der Waals surface area contributed by atoms with Gasteiger partial charge < -0.3 is 5.73 Å². The highest BCUT2D eigenvalue weighted by atomic mass is 35.5. The predicted molar refractivity (Wildman–Crippen MR) is 72.3 cm³/mol. The van der Waals surface area contributed by atoms with Crippen LogP contribution >= 0.6 is 22.9 Å². The van der Waals surface area contributed by atoms with E-state index in [0.29, 0.717) is 5.02 Å². The maximum absolute atomic E-state index is 5.88. The third kappa shape index (κ3) is 1.97. The van der Waals surface area contributed by atoms with Gasteiger partial charge in [-0.25, -0.2) is 9.97 Å². The van der Waals surface area contributed by atoms with Crippen LogP contribution in [0.3, 0.4) is 0 Å². The first-order valence-corrected chi connectivity index (χ1v) is 6.20. The molecule has 0 radical (unpaired) electrons. The summed E-state index contributed by atoms with van der Waals surface area (Å²) in [4.78, 5) is 9.64. The van der Waals surface area contributed by atoms with Crippen LogP contribution in [0.25, 0.3) is 20.9 Å². The molecule has 84 valence electrons. The fraction of sp³-hybridized carbons (Fsp3) is 0. The van der Waals surface area contributed by atoms with Crippen molar-refractivity contribution in [3.63, 3.8) is 0 Å². The molecule has 0 aliphatic carbocycles. The largest absolute Gasteiger partial charge is 0.399 e. The molecule has 0 saturated heterocycles. The Kier molecular flexibility index (Phi) is 2.46. The number of anilines is 1. The van der Waals surface area contributed by atoms with E-state index in [1.807, 2.05) is 30.3 Å². The maximum atomic E-state index is 5.88. The van der Waals surface area contributed by atoms with Crippen molar-refractivity contribution in [2.45, 2.75) is 0 Å². The van der Waals surface area contributed by atoms with E-state index < -0.39 is 0 Å². The zero-order valence-corrected chi connectivity index (χ0v) is 10.3. The molecule has 17 heavy (non-hydrogen) atoms. The summed E-state index contributed by atoms with van der Waals surface area (Å²) < 4.78 is 0. The van der Waals surface area contributed by atoms with E-state index in [0.717, 1.165) is 26.6 Å². The Hall–Kier alpha value is -1.65. The maximum Gasteiger partial charge on any atom is 0.143 e. The van der Waals surface area contributed by atoms with E-state index in [4.69, 9.17) is 17.3 Å². The number of hydrogen-bond donors (Lipinski definition) is 1. The Morgan fingerprint density at radius 1 is 1.18 bits per heavy atom. The number of thiazole rings is 1. The standard InChI is InChI=1S/C12H8ClN3S/c13-8-5-10-12(15-6-8)17-11(16-10)7-1-3-9(14)4-2-7/h1-6H,14H2. The monoisotopic (exact) mass is 261 g/mol. The number of nitrogens with two attached hydrogens (primary N) is 1. The van der Waals surface area contributed by atoms with E-state index >= 15 is 0 Å². The lowest BCUT2D eigenvalue weighted by atomic mass is 10.2. The summed E-state index contributed by atoms with van der Waals surface area (Å²) >= 11 is 7.42. The van der Waals surface area contributed by atoms with Crippen molar-refractivity contribution in [1.29, 1.82) is 0 Å². The minimum absolute atomic E-state index is 0.603. The minimum Gasteiger partial charge on any atom is -0.399 e. The van der Waals surface area contributed by atoms with Crippen LogP contribution in [-0.2, 0) is 0 Å². The van der Waals surface area contributed by atoms with Crippen molar-refractivity contribution in [1.82, 2.24) is 9.97 Å². The van der Waals surface area contributed by atoms with Crippen LogP contribution in [-0.4, -0.2) is 9.97 Å². The molecule has 2 aromatic heterocycles. The van der Waals surface area contributed by atoms with Crippen molar-refractivity contribution in [3.8, 4) is 10.6 Å². The number of fused-ring (bicyclic) bond motifs is 1. The molecule has 2 heterocycles. The topological polar surface area (TPSA) is 51.8 Å². The molecule has 0 aliphatic rings. The molecule has 0 atom stereocenters. The lowest BCUT2D eigenvalue weighted by Crippen LogP contribution is -1.83. The summed E-state index contributed by atoms with van der Waals surface area (Å²) in [5.74, 6) is 0. The van der Waals surface area contributed by atoms with Crippen LogP contribution in [0.1, 0.15) is 0 Å². The van der Waals surface area contributed by atoms with E-state index in [1.165, 1.54) is 0 Å². The van der Waals surface area contributed by atoms with Gasteiger partial charge in [-0.15, -0.1) is 0 Å². The summed E-state index contributed by atoms with van der Waals surface area (Å²) in [5, 5.41) is 1.53. The van der Waals surface area contributed by atoms with Gasteiger partial charge in [0.1, 0.15) is 15.4 Å². The normalized spacial score (nSPS) is 10.9. The van der Waals surface area contributed by atoms with Crippen LogP contribution in [0.4, 0.5) is 5.69 Å².